The van der Waals surface area contributed by atoms with Crippen LogP contribution in [0.15, 0.2) is 0 Å². The van der Waals surface area contributed by atoms with Gasteiger partial charge < -0.3 is 27.0 Å². The summed E-state index contributed by atoms with van der Waals surface area (Å²) in [5.74, 6) is 0. The van der Waals surface area contributed by atoms with Crippen molar-refractivity contribution in [2.45, 2.75) is 0 Å². The molecule has 0 radical (unpaired) electrons. The van der Waals surface area contributed by atoms with Crippen molar-refractivity contribution in [3.63, 3.8) is 0 Å². The van der Waals surface area contributed by atoms with Crippen LogP contribution in [-0.4, -0.2) is 28.0 Å². The highest BCUT2D eigenvalue weighted by Gasteiger charge is 2.00. The van der Waals surface area contributed by atoms with Crippen molar-refractivity contribution in [2.75, 3.05) is 0 Å². The van der Waals surface area contributed by atoms with E-state index in [2.05, 4.69) is 0 Å². The van der Waals surface area contributed by atoms with Gasteiger partial charge in [0.25, 0.3) is 11.4 Å². The summed E-state index contributed by atoms with van der Waals surface area (Å²) in [6.07, 6.45) is 0. The van der Waals surface area contributed by atoms with Crippen molar-refractivity contribution in [3.05, 3.63) is 0 Å². The molecular weight excluding hydrogens is 203 g/mol. The predicted octanol–water partition coefficient (Wildman–Crippen LogP) is -0.924. The molecule has 0 saturated heterocycles. The van der Waals surface area contributed by atoms with Crippen LogP contribution < -0.4 is 12.3 Å². The third kappa shape index (κ3) is 66300. The van der Waals surface area contributed by atoms with Crippen LogP contribution in [0.2, 0.25) is 0 Å². The first kappa shape index (κ1) is 22.5. The predicted molar refractivity (Wildman–Crippen MR) is 37.7 cm³/mol. The Balaban J connectivity index is -0.0000000383. The van der Waals surface area contributed by atoms with E-state index in [0.29, 0.717) is 0 Å². The topological polar surface area (TPSA) is 205 Å². The molecule has 0 unspecified atom stereocenters. The lowest BCUT2D eigenvalue weighted by atomic mass is 14.0. The van der Waals surface area contributed by atoms with Crippen LogP contribution in [0.3, 0.4) is 0 Å². The van der Waals surface area contributed by atoms with E-state index in [1.54, 1.807) is 0 Å². The van der Waals surface area contributed by atoms with E-state index in [4.69, 9.17) is 32.6 Å². The smallest absolute Gasteiger partial charge is 0.344 e. The van der Waals surface area contributed by atoms with Gasteiger partial charge in [0.1, 0.15) is 0 Å². The maximum Gasteiger partial charge on any atom is 0.466 e. The van der Waals surface area contributed by atoms with Crippen LogP contribution in [0.1, 0.15) is 0 Å². The van der Waals surface area contributed by atoms with Gasteiger partial charge in [-0.3, -0.25) is 9.11 Å². The Morgan fingerprint density at radius 2 is 1.00 bits per heavy atom. The Morgan fingerprint density at radius 3 is 1.00 bits per heavy atom. The minimum absolute atomic E-state index is 0. The lowest BCUT2D eigenvalue weighted by Crippen LogP contribution is -1.74. The molecule has 0 rings (SSSR count). The fourth-order valence-corrected chi connectivity index (χ4v) is 0. The van der Waals surface area contributed by atoms with Crippen LogP contribution in [-0.2, 0) is 15.9 Å². The van der Waals surface area contributed by atoms with Gasteiger partial charge in [-0.15, -0.1) is 0 Å². The number of rotatable bonds is 0. The molecule has 0 aliphatic carbocycles. The number of hydrogen-bond donors (Lipinski definition) is 7. The van der Waals surface area contributed by atoms with Crippen molar-refractivity contribution in [1.82, 2.24) is 12.3 Å². The van der Waals surface area contributed by atoms with Gasteiger partial charge in [-0.25, -0.2) is 4.57 Å². The second kappa shape index (κ2) is 10.1. The SMILES string of the molecule is N.N.O=P(O)(O)O.O=S(O)O. The van der Waals surface area contributed by atoms with Crippen molar-refractivity contribution in [2.24, 2.45) is 0 Å². The normalized spacial score (nSPS) is 8.55. The molecule has 9 nitrogen and oxygen atoms in total. The molecule has 0 bridgehead atoms. The second-order valence-corrected chi connectivity index (χ2v) is 2.23. The lowest BCUT2D eigenvalue weighted by molar-refractivity contribution is 0.275. The first-order valence-electron chi connectivity index (χ1n) is 1.31. The summed E-state index contributed by atoms with van der Waals surface area (Å²) in [4.78, 5) is 21.6. The van der Waals surface area contributed by atoms with Gasteiger partial charge in [0.15, 0.2) is 0 Å². The first-order chi connectivity index (χ1) is 3.73. The average Bonchev–Trinajstić information content (AvgIpc) is 1.19. The maximum absolute atomic E-state index is 8.88. The van der Waals surface area contributed by atoms with E-state index in [-0.39, 0.29) is 12.3 Å². The molecule has 0 aromatic rings. The molecule has 0 saturated carbocycles. The monoisotopic (exact) mass is 214 g/mol. The summed E-state index contributed by atoms with van der Waals surface area (Å²) < 4.78 is 31.7. The third-order valence-electron chi connectivity index (χ3n) is 0. The average molecular weight is 214 g/mol. The van der Waals surface area contributed by atoms with Crippen LogP contribution >= 0.6 is 7.82 Å². The fraction of sp³-hybridized carbons (Fsp3) is 0. The molecule has 11 heavy (non-hydrogen) atoms. The molecule has 0 aliphatic heterocycles. The van der Waals surface area contributed by atoms with Crippen molar-refractivity contribution < 1.29 is 32.6 Å². The summed E-state index contributed by atoms with van der Waals surface area (Å²) in [5.41, 5.74) is 0. The minimum Gasteiger partial charge on any atom is -0.344 e. The van der Waals surface area contributed by atoms with Crippen LogP contribution in [0.25, 0.3) is 0 Å². The Labute approximate surface area is 65.0 Å². The number of phosphoric acid groups is 1. The zero-order chi connectivity index (χ0) is 8.08. The highest BCUT2D eigenvalue weighted by molar-refractivity contribution is 7.73. The fourth-order valence-electron chi connectivity index (χ4n) is 0. The van der Waals surface area contributed by atoms with E-state index < -0.39 is 19.2 Å². The number of hydrogen-bond acceptors (Lipinski definition) is 4. The highest BCUT2D eigenvalue weighted by atomic mass is 32.2. The van der Waals surface area contributed by atoms with Gasteiger partial charge in [0, 0.05) is 0 Å². The standard InChI is InChI=1S/2H3N.H3O4P.H2O3S/c;;1-5(2,3)4;1-4(2)3/h2*1H3;(H3,1,2,3,4);(H2,1,2,3). The molecule has 0 atom stereocenters. The summed E-state index contributed by atoms with van der Waals surface area (Å²) in [6, 6.07) is 0. The van der Waals surface area contributed by atoms with Gasteiger partial charge in [0.2, 0.25) is 0 Å². The molecule has 0 aliphatic rings. The van der Waals surface area contributed by atoms with Crippen LogP contribution in [0, 0.1) is 0 Å². The molecule has 0 fully saturated rings. The Morgan fingerprint density at radius 1 is 1.00 bits per heavy atom. The molecular formula is H11N2O7PS. The molecule has 0 aromatic carbocycles. The third-order valence-corrected chi connectivity index (χ3v) is 0. The van der Waals surface area contributed by atoms with Gasteiger partial charge in [-0.1, -0.05) is 0 Å². The van der Waals surface area contributed by atoms with E-state index in [9.17, 15) is 0 Å². The molecule has 0 spiro atoms. The molecule has 11 N–H and O–H groups in total. The van der Waals surface area contributed by atoms with E-state index >= 15 is 0 Å². The van der Waals surface area contributed by atoms with Gasteiger partial charge in [-0.05, 0) is 0 Å². The second-order valence-electron chi connectivity index (χ2n) is 0.744. The summed E-state index contributed by atoms with van der Waals surface area (Å²) >= 11 is -2.61. The van der Waals surface area contributed by atoms with Gasteiger partial charge in [-0.2, -0.15) is 4.21 Å². The lowest BCUT2D eigenvalue weighted by Gasteiger charge is -1.82. The quantitative estimate of drug-likeness (QED) is 0.196. The van der Waals surface area contributed by atoms with Crippen molar-refractivity contribution in [3.8, 4) is 0 Å². The van der Waals surface area contributed by atoms with E-state index in [1.807, 2.05) is 0 Å². The maximum atomic E-state index is 8.88. The Kier molecular flexibility index (Phi) is 20.6. The zero-order valence-corrected chi connectivity index (χ0v) is 7.03. The van der Waals surface area contributed by atoms with E-state index in [0.717, 1.165) is 0 Å². The molecule has 11 heteroatoms. The highest BCUT2D eigenvalue weighted by Crippen LogP contribution is 2.25. The largest absolute Gasteiger partial charge is 0.466 e. The molecule has 74 valence electrons. The van der Waals surface area contributed by atoms with Crippen molar-refractivity contribution in [1.29, 1.82) is 0 Å². The summed E-state index contributed by atoms with van der Waals surface area (Å²) in [6.45, 7) is 0. The molecule has 0 aromatic heterocycles. The van der Waals surface area contributed by atoms with Crippen LogP contribution in [0.5, 0.6) is 0 Å². The Bertz CT molecular complexity index is 116. The minimum atomic E-state index is -4.64. The summed E-state index contributed by atoms with van der Waals surface area (Å²) in [5, 5.41) is 0. The zero-order valence-electron chi connectivity index (χ0n) is 5.32. The first-order valence-corrected chi connectivity index (χ1v) is 3.94. The van der Waals surface area contributed by atoms with Gasteiger partial charge >= 0.3 is 7.82 Å². The summed E-state index contributed by atoms with van der Waals surface area (Å²) in [7, 11) is -4.64. The van der Waals surface area contributed by atoms with Gasteiger partial charge in [0.05, 0.1) is 0 Å². The van der Waals surface area contributed by atoms with Crippen molar-refractivity contribution >= 4 is 19.2 Å². The van der Waals surface area contributed by atoms with Crippen LogP contribution in [0.4, 0.5) is 0 Å². The molecule has 0 amide bonds. The Hall–Kier alpha value is 0.1000. The molecule has 0 heterocycles. The van der Waals surface area contributed by atoms with E-state index in [1.165, 1.54) is 0 Å².